The summed E-state index contributed by atoms with van der Waals surface area (Å²) in [6.45, 7) is 3.51. The number of pyridine rings is 1. The van der Waals surface area contributed by atoms with Crippen LogP contribution in [0, 0.1) is 5.41 Å². The van der Waals surface area contributed by atoms with Crippen molar-refractivity contribution in [2.45, 2.75) is 76.7 Å². The maximum absolute atomic E-state index is 13.1. The number of hydrogen-bond donors (Lipinski definition) is 1. The van der Waals surface area contributed by atoms with Crippen LogP contribution in [0.2, 0.25) is 0 Å². The first-order valence-corrected chi connectivity index (χ1v) is 9.82. The van der Waals surface area contributed by atoms with E-state index < -0.39 is 23.3 Å². The van der Waals surface area contributed by atoms with Crippen LogP contribution in [0.5, 0.6) is 5.88 Å². The Balaban J connectivity index is 1.65. The first-order valence-electron chi connectivity index (χ1n) is 9.82. The van der Waals surface area contributed by atoms with Crippen molar-refractivity contribution in [1.29, 1.82) is 0 Å². The Morgan fingerprint density at radius 3 is 2.46 bits per heavy atom. The van der Waals surface area contributed by atoms with Crippen LogP contribution >= 0.6 is 0 Å². The highest BCUT2D eigenvalue weighted by Crippen LogP contribution is 2.49. The minimum Gasteiger partial charge on any atom is -0.465 e. The summed E-state index contributed by atoms with van der Waals surface area (Å²) in [4.78, 5) is 18.7. The van der Waals surface area contributed by atoms with Gasteiger partial charge in [-0.25, -0.2) is 4.98 Å². The highest BCUT2D eigenvalue weighted by molar-refractivity contribution is 5.99. The third-order valence-corrected chi connectivity index (χ3v) is 6.16. The summed E-state index contributed by atoms with van der Waals surface area (Å²) in [6, 6.07) is 2.93. The van der Waals surface area contributed by atoms with Crippen LogP contribution in [0.1, 0.15) is 58.8 Å². The number of hydrogen-bond acceptors (Lipinski definition) is 4. The summed E-state index contributed by atoms with van der Waals surface area (Å²) in [5.41, 5.74) is -0.549. The largest absolute Gasteiger partial charge is 0.465 e. The minimum absolute atomic E-state index is 0.0187. The Bertz CT molecular complexity index is 698. The molecule has 8 heteroatoms. The van der Waals surface area contributed by atoms with Gasteiger partial charge >= 0.3 is 6.18 Å². The fourth-order valence-corrected chi connectivity index (χ4v) is 4.29. The van der Waals surface area contributed by atoms with Gasteiger partial charge in [-0.05, 0) is 51.5 Å². The van der Waals surface area contributed by atoms with Crippen molar-refractivity contribution in [2.24, 2.45) is 5.41 Å². The standard InChI is InChI=1S/C20H27F3N2O3/c1-3-6-19(27)9-7-18(8-10-19)11-12-25(17(18)26)15-4-5-16(24-13-15)28-14(2)20(21,22)23/h4-5,13-14,27H,3,6-12H2,1-2H3/t14-,18?,19?/m0/s1. The molecule has 1 aliphatic heterocycles. The molecule has 1 saturated heterocycles. The van der Waals surface area contributed by atoms with Gasteiger partial charge in [0.05, 0.1) is 22.9 Å². The van der Waals surface area contributed by atoms with E-state index >= 15 is 0 Å². The van der Waals surface area contributed by atoms with E-state index in [0.717, 1.165) is 26.2 Å². The number of amides is 1. The second kappa shape index (κ2) is 7.54. The van der Waals surface area contributed by atoms with Crippen molar-refractivity contribution >= 4 is 11.6 Å². The summed E-state index contributed by atoms with van der Waals surface area (Å²) < 4.78 is 42.6. The van der Waals surface area contributed by atoms with Gasteiger partial charge in [0.15, 0.2) is 6.10 Å². The molecule has 1 spiro atoms. The SMILES string of the molecule is CCCC1(O)CCC2(CCN(c3ccc(O[C@@H](C)C(F)(F)F)nc3)C2=O)CC1. The van der Waals surface area contributed by atoms with Gasteiger partial charge in [-0.2, -0.15) is 13.2 Å². The van der Waals surface area contributed by atoms with Crippen LogP contribution in [0.15, 0.2) is 18.3 Å². The van der Waals surface area contributed by atoms with Crippen molar-refractivity contribution in [3.63, 3.8) is 0 Å². The molecule has 1 aromatic heterocycles. The van der Waals surface area contributed by atoms with Crippen LogP contribution in [0.4, 0.5) is 18.9 Å². The maximum atomic E-state index is 13.1. The lowest BCUT2D eigenvalue weighted by Crippen LogP contribution is -2.43. The number of nitrogens with zero attached hydrogens (tertiary/aromatic N) is 2. The van der Waals surface area contributed by atoms with Gasteiger partial charge in [0.25, 0.3) is 0 Å². The average Bonchev–Trinajstić information content (AvgIpc) is 2.95. The predicted molar refractivity (Wildman–Crippen MR) is 98.1 cm³/mol. The number of carbonyl (C=O) groups is 1. The first-order chi connectivity index (χ1) is 13.1. The lowest BCUT2D eigenvalue weighted by atomic mass is 9.67. The molecule has 5 nitrogen and oxygen atoms in total. The molecule has 1 aromatic rings. The molecule has 2 heterocycles. The molecule has 3 rings (SSSR count). The first kappa shape index (κ1) is 20.9. The van der Waals surface area contributed by atoms with Crippen molar-refractivity contribution in [2.75, 3.05) is 11.4 Å². The summed E-state index contributed by atoms with van der Waals surface area (Å²) in [7, 11) is 0. The molecule has 0 radical (unpaired) electrons. The molecule has 28 heavy (non-hydrogen) atoms. The van der Waals surface area contributed by atoms with E-state index in [0.29, 0.717) is 37.9 Å². The summed E-state index contributed by atoms with van der Waals surface area (Å²) in [5, 5.41) is 10.6. The van der Waals surface area contributed by atoms with E-state index in [1.54, 1.807) is 11.0 Å². The number of ether oxygens (including phenoxy) is 1. The summed E-state index contributed by atoms with van der Waals surface area (Å²) in [6.07, 6.45) is -0.0679. The highest BCUT2D eigenvalue weighted by Gasteiger charge is 2.51. The number of rotatable bonds is 5. The third-order valence-electron chi connectivity index (χ3n) is 6.16. The topological polar surface area (TPSA) is 62.7 Å². The van der Waals surface area contributed by atoms with E-state index in [2.05, 4.69) is 4.98 Å². The Hall–Kier alpha value is -1.83. The van der Waals surface area contributed by atoms with Gasteiger partial charge in [0.1, 0.15) is 0 Å². The molecule has 2 aliphatic rings. The van der Waals surface area contributed by atoms with E-state index in [-0.39, 0.29) is 11.8 Å². The zero-order chi connectivity index (χ0) is 20.6. The van der Waals surface area contributed by atoms with Gasteiger partial charge in [-0.1, -0.05) is 13.3 Å². The molecule has 0 aromatic carbocycles. The maximum Gasteiger partial charge on any atom is 0.425 e. The van der Waals surface area contributed by atoms with Crippen molar-refractivity contribution in [1.82, 2.24) is 4.98 Å². The fraction of sp³-hybridized carbons (Fsp3) is 0.700. The molecule has 1 amide bonds. The Morgan fingerprint density at radius 1 is 1.25 bits per heavy atom. The summed E-state index contributed by atoms with van der Waals surface area (Å²) >= 11 is 0. The van der Waals surface area contributed by atoms with Crippen LogP contribution in [-0.2, 0) is 4.79 Å². The third kappa shape index (κ3) is 4.11. The number of aliphatic hydroxyl groups is 1. The van der Waals surface area contributed by atoms with Gasteiger partial charge in [-0.15, -0.1) is 0 Å². The molecule has 1 saturated carbocycles. The van der Waals surface area contributed by atoms with Gasteiger partial charge < -0.3 is 14.7 Å². The number of aromatic nitrogens is 1. The number of alkyl halides is 3. The Kier molecular flexibility index (Phi) is 5.62. The smallest absolute Gasteiger partial charge is 0.425 e. The molecule has 1 aliphatic carbocycles. The molecule has 0 bridgehead atoms. The molecule has 1 atom stereocenters. The van der Waals surface area contributed by atoms with Crippen molar-refractivity contribution in [3.05, 3.63) is 18.3 Å². The van der Waals surface area contributed by atoms with E-state index in [4.69, 9.17) is 4.74 Å². The molecule has 156 valence electrons. The predicted octanol–water partition coefficient (Wildman–Crippen LogP) is 4.24. The molecular weight excluding hydrogens is 373 g/mol. The lowest BCUT2D eigenvalue weighted by Gasteiger charge is -2.40. The number of halogens is 3. The normalized spacial score (nSPS) is 29.4. The van der Waals surface area contributed by atoms with Crippen LogP contribution < -0.4 is 9.64 Å². The Labute approximate surface area is 162 Å². The highest BCUT2D eigenvalue weighted by atomic mass is 19.4. The molecule has 1 N–H and O–H groups in total. The van der Waals surface area contributed by atoms with Crippen molar-refractivity contribution < 1.29 is 27.8 Å². The second-order valence-electron chi connectivity index (χ2n) is 8.12. The van der Waals surface area contributed by atoms with Crippen LogP contribution in [0.3, 0.4) is 0 Å². The minimum atomic E-state index is -4.46. The zero-order valence-corrected chi connectivity index (χ0v) is 16.3. The number of anilines is 1. The van der Waals surface area contributed by atoms with Gasteiger partial charge in [-0.3, -0.25) is 4.79 Å². The average molecular weight is 400 g/mol. The second-order valence-corrected chi connectivity index (χ2v) is 8.12. The van der Waals surface area contributed by atoms with Crippen molar-refractivity contribution in [3.8, 4) is 5.88 Å². The van der Waals surface area contributed by atoms with Gasteiger partial charge in [0, 0.05) is 12.6 Å². The lowest BCUT2D eigenvalue weighted by molar-refractivity contribution is -0.189. The number of carbonyl (C=O) groups excluding carboxylic acids is 1. The molecule has 2 fully saturated rings. The monoisotopic (exact) mass is 400 g/mol. The van der Waals surface area contributed by atoms with Crippen LogP contribution in [-0.4, -0.2) is 40.4 Å². The van der Waals surface area contributed by atoms with E-state index in [9.17, 15) is 23.1 Å². The fourth-order valence-electron chi connectivity index (χ4n) is 4.29. The van der Waals surface area contributed by atoms with E-state index in [1.807, 2.05) is 6.92 Å². The summed E-state index contributed by atoms with van der Waals surface area (Å²) in [5.74, 6) is -0.109. The molecular formula is C20H27F3N2O3. The van der Waals surface area contributed by atoms with Crippen LogP contribution in [0.25, 0.3) is 0 Å². The molecule has 0 unspecified atom stereocenters. The van der Waals surface area contributed by atoms with Gasteiger partial charge in [0.2, 0.25) is 11.8 Å². The Morgan fingerprint density at radius 2 is 1.93 bits per heavy atom. The van der Waals surface area contributed by atoms with E-state index in [1.165, 1.54) is 12.3 Å². The zero-order valence-electron chi connectivity index (χ0n) is 16.3. The quantitative estimate of drug-likeness (QED) is 0.803.